The molecule has 1 aromatic heterocycles. The lowest BCUT2D eigenvalue weighted by molar-refractivity contribution is -0.121. The van der Waals surface area contributed by atoms with Gasteiger partial charge in [0.05, 0.1) is 24.2 Å². The predicted molar refractivity (Wildman–Crippen MR) is 78.1 cm³/mol. The summed E-state index contributed by atoms with van der Waals surface area (Å²) in [4.78, 5) is 15.8. The molecule has 0 unspecified atom stereocenters. The fraction of sp³-hybridized carbons (Fsp3) is 0.417. The van der Waals surface area contributed by atoms with Crippen LogP contribution in [0.5, 0.6) is 0 Å². The molecule has 1 rings (SSSR count). The summed E-state index contributed by atoms with van der Waals surface area (Å²) in [5, 5.41) is 5.83. The minimum atomic E-state index is -0.0164. The van der Waals surface area contributed by atoms with E-state index in [4.69, 9.17) is 22.7 Å². The van der Waals surface area contributed by atoms with E-state index in [9.17, 15) is 4.79 Å². The quantitative estimate of drug-likeness (QED) is 0.469. The average Bonchev–Trinajstić information content (AvgIpc) is 2.39. The SMILES string of the molecule is COCCNC(=O)CCNc1ccc(C(N)=S)nc1. The van der Waals surface area contributed by atoms with Crippen LogP contribution in [0.25, 0.3) is 0 Å². The molecule has 0 radical (unpaired) electrons. The van der Waals surface area contributed by atoms with Crippen LogP contribution in [0.3, 0.4) is 0 Å². The Balaban J connectivity index is 2.25. The van der Waals surface area contributed by atoms with Crippen LogP contribution in [0.1, 0.15) is 12.1 Å². The minimum Gasteiger partial charge on any atom is -0.388 e. The van der Waals surface area contributed by atoms with E-state index in [1.165, 1.54) is 0 Å². The summed E-state index contributed by atoms with van der Waals surface area (Å²) in [6, 6.07) is 3.56. The number of pyridine rings is 1. The van der Waals surface area contributed by atoms with Crippen LogP contribution in [-0.4, -0.2) is 42.7 Å². The van der Waals surface area contributed by atoms with Gasteiger partial charge in [0, 0.05) is 26.6 Å². The Morgan fingerprint density at radius 1 is 1.47 bits per heavy atom. The number of ether oxygens (including phenoxy) is 1. The van der Waals surface area contributed by atoms with Gasteiger partial charge in [-0.05, 0) is 12.1 Å². The van der Waals surface area contributed by atoms with Crippen molar-refractivity contribution in [2.75, 3.05) is 32.1 Å². The zero-order valence-electron chi connectivity index (χ0n) is 10.8. The van der Waals surface area contributed by atoms with E-state index < -0.39 is 0 Å². The van der Waals surface area contributed by atoms with Crippen LogP contribution < -0.4 is 16.4 Å². The molecule has 0 fully saturated rings. The van der Waals surface area contributed by atoms with Crippen LogP contribution in [0, 0.1) is 0 Å². The third-order valence-electron chi connectivity index (χ3n) is 2.33. The molecule has 0 atom stereocenters. The Kier molecular flexibility index (Phi) is 6.76. The first-order valence-corrected chi connectivity index (χ1v) is 6.29. The molecule has 19 heavy (non-hydrogen) atoms. The monoisotopic (exact) mass is 282 g/mol. The van der Waals surface area contributed by atoms with E-state index in [1.807, 2.05) is 6.07 Å². The van der Waals surface area contributed by atoms with E-state index in [0.29, 0.717) is 31.8 Å². The molecule has 0 aliphatic carbocycles. The number of carbonyl (C=O) groups excluding carboxylic acids is 1. The summed E-state index contributed by atoms with van der Waals surface area (Å²) < 4.78 is 4.84. The highest BCUT2D eigenvalue weighted by Gasteiger charge is 2.01. The molecule has 0 aliphatic rings. The number of methoxy groups -OCH3 is 1. The lowest BCUT2D eigenvalue weighted by Crippen LogP contribution is -2.28. The van der Waals surface area contributed by atoms with Gasteiger partial charge in [-0.3, -0.25) is 9.78 Å². The van der Waals surface area contributed by atoms with Crippen molar-refractivity contribution in [2.45, 2.75) is 6.42 Å². The number of hydrogen-bond acceptors (Lipinski definition) is 5. The van der Waals surface area contributed by atoms with Gasteiger partial charge in [-0.1, -0.05) is 12.2 Å². The van der Waals surface area contributed by atoms with Crippen molar-refractivity contribution in [3.05, 3.63) is 24.0 Å². The summed E-state index contributed by atoms with van der Waals surface area (Å²) in [6.45, 7) is 1.58. The maximum absolute atomic E-state index is 11.4. The van der Waals surface area contributed by atoms with Gasteiger partial charge in [0.25, 0.3) is 0 Å². The van der Waals surface area contributed by atoms with Gasteiger partial charge in [0.1, 0.15) is 4.99 Å². The largest absolute Gasteiger partial charge is 0.388 e. The van der Waals surface area contributed by atoms with Crippen molar-refractivity contribution in [2.24, 2.45) is 5.73 Å². The Morgan fingerprint density at radius 2 is 2.26 bits per heavy atom. The molecular weight excluding hydrogens is 264 g/mol. The summed E-state index contributed by atoms with van der Waals surface area (Å²) in [5.74, 6) is -0.0164. The second kappa shape index (κ2) is 8.39. The van der Waals surface area contributed by atoms with Crippen molar-refractivity contribution in [1.82, 2.24) is 10.3 Å². The summed E-state index contributed by atoms with van der Waals surface area (Å²) >= 11 is 4.81. The van der Waals surface area contributed by atoms with E-state index in [-0.39, 0.29) is 10.9 Å². The van der Waals surface area contributed by atoms with Gasteiger partial charge in [0.2, 0.25) is 5.91 Å². The Labute approximate surface area is 117 Å². The number of nitrogens with one attached hydrogen (secondary N) is 2. The van der Waals surface area contributed by atoms with Crippen LogP contribution in [0.2, 0.25) is 0 Å². The highest BCUT2D eigenvalue weighted by Crippen LogP contribution is 2.05. The molecule has 1 amide bonds. The number of carbonyl (C=O) groups is 1. The van der Waals surface area contributed by atoms with Crippen LogP contribution in [0.4, 0.5) is 5.69 Å². The topological polar surface area (TPSA) is 89.3 Å². The molecule has 104 valence electrons. The van der Waals surface area contributed by atoms with Gasteiger partial charge in [-0.2, -0.15) is 0 Å². The maximum atomic E-state index is 11.4. The van der Waals surface area contributed by atoms with Gasteiger partial charge >= 0.3 is 0 Å². The molecule has 0 saturated carbocycles. The van der Waals surface area contributed by atoms with Crippen molar-refractivity contribution in [3.63, 3.8) is 0 Å². The number of anilines is 1. The molecule has 0 bridgehead atoms. The molecule has 0 aromatic carbocycles. The van der Waals surface area contributed by atoms with Gasteiger partial charge in [-0.25, -0.2) is 0 Å². The van der Waals surface area contributed by atoms with Gasteiger partial charge < -0.3 is 21.1 Å². The first kappa shape index (κ1) is 15.3. The second-order valence-electron chi connectivity index (χ2n) is 3.82. The van der Waals surface area contributed by atoms with Gasteiger partial charge in [0.15, 0.2) is 0 Å². The molecule has 1 aromatic rings. The van der Waals surface area contributed by atoms with Crippen LogP contribution in [0.15, 0.2) is 18.3 Å². The Morgan fingerprint density at radius 3 is 2.84 bits per heavy atom. The van der Waals surface area contributed by atoms with Crippen LogP contribution in [-0.2, 0) is 9.53 Å². The van der Waals surface area contributed by atoms with E-state index in [1.54, 1.807) is 19.4 Å². The lowest BCUT2D eigenvalue weighted by atomic mass is 10.3. The highest BCUT2D eigenvalue weighted by atomic mass is 32.1. The number of amides is 1. The van der Waals surface area contributed by atoms with Gasteiger partial charge in [-0.15, -0.1) is 0 Å². The number of rotatable bonds is 8. The van der Waals surface area contributed by atoms with Crippen molar-refractivity contribution < 1.29 is 9.53 Å². The Bertz CT molecular complexity index is 422. The van der Waals surface area contributed by atoms with E-state index >= 15 is 0 Å². The molecule has 0 saturated heterocycles. The maximum Gasteiger partial charge on any atom is 0.221 e. The van der Waals surface area contributed by atoms with E-state index in [2.05, 4.69) is 15.6 Å². The highest BCUT2D eigenvalue weighted by molar-refractivity contribution is 7.80. The smallest absolute Gasteiger partial charge is 0.221 e. The average molecular weight is 282 g/mol. The van der Waals surface area contributed by atoms with Crippen molar-refractivity contribution in [3.8, 4) is 0 Å². The lowest BCUT2D eigenvalue weighted by Gasteiger charge is -2.07. The van der Waals surface area contributed by atoms with Crippen molar-refractivity contribution >= 4 is 28.8 Å². The Hall–Kier alpha value is -1.73. The third-order valence-corrected chi connectivity index (χ3v) is 2.53. The first-order chi connectivity index (χ1) is 9.13. The molecular formula is C12H18N4O2S. The summed E-state index contributed by atoms with van der Waals surface area (Å²) in [7, 11) is 1.59. The number of thiocarbonyl (C=S) groups is 1. The fourth-order valence-corrected chi connectivity index (χ4v) is 1.47. The van der Waals surface area contributed by atoms with Crippen molar-refractivity contribution in [1.29, 1.82) is 0 Å². The molecule has 6 nitrogen and oxygen atoms in total. The molecule has 0 aliphatic heterocycles. The molecule has 0 spiro atoms. The van der Waals surface area contributed by atoms with Crippen LogP contribution >= 0.6 is 12.2 Å². The predicted octanol–water partition coefficient (Wildman–Crippen LogP) is 0.280. The zero-order chi connectivity index (χ0) is 14.1. The fourth-order valence-electron chi connectivity index (χ4n) is 1.35. The molecule has 1 heterocycles. The van der Waals surface area contributed by atoms with E-state index in [0.717, 1.165) is 5.69 Å². The summed E-state index contributed by atoms with van der Waals surface area (Å²) in [6.07, 6.45) is 2.03. The normalized spacial score (nSPS) is 9.95. The number of hydrogen-bond donors (Lipinski definition) is 3. The third kappa shape index (κ3) is 6.12. The number of nitrogens with two attached hydrogens (primary N) is 1. The summed E-state index contributed by atoms with van der Waals surface area (Å²) in [5.41, 5.74) is 6.85. The number of nitrogens with zero attached hydrogens (tertiary/aromatic N) is 1. The minimum absolute atomic E-state index is 0.0164. The number of aromatic nitrogens is 1. The molecule has 7 heteroatoms. The molecule has 4 N–H and O–H groups in total. The standard InChI is InChI=1S/C12H18N4O2S/c1-18-7-6-15-11(17)4-5-14-9-2-3-10(12(13)19)16-8-9/h2-3,8,14H,4-7H2,1H3,(H2,13,19)(H,15,17). The second-order valence-corrected chi connectivity index (χ2v) is 4.26. The first-order valence-electron chi connectivity index (χ1n) is 5.89. The zero-order valence-corrected chi connectivity index (χ0v) is 11.6.